The molecule has 0 aromatic heterocycles. The zero-order chi connectivity index (χ0) is 16.6. The molecule has 0 atom stereocenters. The number of hydrogen-bond donors (Lipinski definition) is 2. The van der Waals surface area contributed by atoms with Crippen molar-refractivity contribution in [2.45, 2.75) is 24.8 Å². The van der Waals surface area contributed by atoms with Gasteiger partial charge in [-0.1, -0.05) is 42.5 Å². The van der Waals surface area contributed by atoms with Crippen LogP contribution in [0.15, 0.2) is 42.5 Å². The van der Waals surface area contributed by atoms with Gasteiger partial charge in [0.2, 0.25) is 0 Å². The first-order valence-electron chi connectivity index (χ1n) is 8.51. The van der Waals surface area contributed by atoms with Gasteiger partial charge < -0.3 is 10.6 Å². The van der Waals surface area contributed by atoms with Crippen LogP contribution in [0.4, 0.5) is 4.79 Å². The molecule has 2 fully saturated rings. The quantitative estimate of drug-likeness (QED) is 0.850. The second-order valence-electron chi connectivity index (χ2n) is 6.61. The summed E-state index contributed by atoms with van der Waals surface area (Å²) in [6.45, 7) is 1.96. The van der Waals surface area contributed by atoms with Crippen LogP contribution >= 0.6 is 0 Å². The standard InChI is InChI=1S/C19H21N3O2/c23-17-19(9-11-20-12-10-19)21-18(24)22(17)13-8-15-6-3-5-14-4-1-2-7-16(14)15/h1-7,20H,8-13H2,(H,21,24). The first-order valence-corrected chi connectivity index (χ1v) is 8.51. The Bertz CT molecular complexity index is 791. The summed E-state index contributed by atoms with van der Waals surface area (Å²) in [5.41, 5.74) is 0.487. The molecule has 2 N–H and O–H groups in total. The maximum atomic E-state index is 12.8. The maximum Gasteiger partial charge on any atom is 0.325 e. The van der Waals surface area contributed by atoms with Crippen molar-refractivity contribution in [2.75, 3.05) is 19.6 Å². The van der Waals surface area contributed by atoms with Gasteiger partial charge in [-0.05, 0) is 48.7 Å². The lowest BCUT2D eigenvalue weighted by Crippen LogP contribution is -2.53. The van der Waals surface area contributed by atoms with Gasteiger partial charge in [0.1, 0.15) is 5.54 Å². The molecule has 24 heavy (non-hydrogen) atoms. The third-order valence-electron chi connectivity index (χ3n) is 5.19. The summed E-state index contributed by atoms with van der Waals surface area (Å²) in [6.07, 6.45) is 2.01. The van der Waals surface area contributed by atoms with Crippen LogP contribution in [0.5, 0.6) is 0 Å². The zero-order valence-electron chi connectivity index (χ0n) is 13.5. The Kier molecular flexibility index (Phi) is 3.73. The summed E-state index contributed by atoms with van der Waals surface area (Å²) in [6, 6.07) is 14.1. The predicted molar refractivity (Wildman–Crippen MR) is 92.7 cm³/mol. The van der Waals surface area contributed by atoms with Crippen LogP contribution in [-0.2, 0) is 11.2 Å². The molecule has 0 unspecified atom stereocenters. The molecule has 1 spiro atoms. The second-order valence-corrected chi connectivity index (χ2v) is 6.61. The van der Waals surface area contributed by atoms with E-state index in [4.69, 9.17) is 0 Å². The average Bonchev–Trinajstić information content (AvgIpc) is 2.84. The van der Waals surface area contributed by atoms with Crippen LogP contribution in [0.25, 0.3) is 10.8 Å². The largest absolute Gasteiger partial charge is 0.325 e. The summed E-state index contributed by atoms with van der Waals surface area (Å²) in [4.78, 5) is 26.5. The molecule has 0 aliphatic carbocycles. The maximum absolute atomic E-state index is 12.8. The van der Waals surface area contributed by atoms with Crippen LogP contribution in [0, 0.1) is 0 Å². The summed E-state index contributed by atoms with van der Waals surface area (Å²) in [5, 5.41) is 8.55. The van der Waals surface area contributed by atoms with Gasteiger partial charge >= 0.3 is 6.03 Å². The van der Waals surface area contributed by atoms with E-state index in [0.29, 0.717) is 25.8 Å². The number of benzene rings is 2. The lowest BCUT2D eigenvalue weighted by molar-refractivity contribution is -0.132. The van der Waals surface area contributed by atoms with Crippen LogP contribution in [0.2, 0.25) is 0 Å². The first-order chi connectivity index (χ1) is 11.7. The normalized spacial score (nSPS) is 19.9. The number of nitrogens with one attached hydrogen (secondary N) is 2. The number of nitrogens with zero attached hydrogens (tertiary/aromatic N) is 1. The second kappa shape index (κ2) is 5.91. The Morgan fingerprint density at radius 3 is 2.58 bits per heavy atom. The minimum Gasteiger partial charge on any atom is -0.323 e. The van der Waals surface area contributed by atoms with E-state index in [1.807, 2.05) is 18.2 Å². The van der Waals surface area contributed by atoms with Gasteiger partial charge in [-0.15, -0.1) is 0 Å². The molecule has 2 aromatic carbocycles. The molecule has 124 valence electrons. The van der Waals surface area contributed by atoms with E-state index in [0.717, 1.165) is 13.1 Å². The van der Waals surface area contributed by atoms with Crippen molar-refractivity contribution in [3.63, 3.8) is 0 Å². The fourth-order valence-corrected chi connectivity index (χ4v) is 3.81. The lowest BCUT2D eigenvalue weighted by atomic mass is 9.88. The Hall–Kier alpha value is -2.40. The summed E-state index contributed by atoms with van der Waals surface area (Å²) in [7, 11) is 0. The molecule has 2 aromatic rings. The van der Waals surface area contributed by atoms with Gasteiger partial charge in [0, 0.05) is 6.54 Å². The highest BCUT2D eigenvalue weighted by Crippen LogP contribution is 2.27. The monoisotopic (exact) mass is 323 g/mol. The van der Waals surface area contributed by atoms with E-state index >= 15 is 0 Å². The SMILES string of the molecule is O=C1NC2(CCNCC2)C(=O)N1CCc1cccc2ccccc12. The summed E-state index contributed by atoms with van der Waals surface area (Å²) in [5.74, 6) is -0.0609. The fourth-order valence-electron chi connectivity index (χ4n) is 3.81. The molecular formula is C19H21N3O2. The number of carbonyl (C=O) groups is 2. The van der Waals surface area contributed by atoms with Gasteiger partial charge in [-0.3, -0.25) is 9.69 Å². The van der Waals surface area contributed by atoms with Crippen molar-refractivity contribution in [1.29, 1.82) is 0 Å². The molecule has 5 heteroatoms. The fraction of sp³-hybridized carbons (Fsp3) is 0.368. The van der Waals surface area contributed by atoms with E-state index in [9.17, 15) is 9.59 Å². The van der Waals surface area contributed by atoms with Crippen molar-refractivity contribution in [3.05, 3.63) is 48.0 Å². The van der Waals surface area contributed by atoms with Crippen LogP contribution in [0.1, 0.15) is 18.4 Å². The predicted octanol–water partition coefficient (Wildman–Crippen LogP) is 2.06. The molecule has 5 nitrogen and oxygen atoms in total. The molecule has 2 saturated heterocycles. The van der Waals surface area contributed by atoms with E-state index in [-0.39, 0.29) is 11.9 Å². The number of hydrogen-bond acceptors (Lipinski definition) is 3. The number of piperidine rings is 1. The lowest BCUT2D eigenvalue weighted by Gasteiger charge is -2.31. The van der Waals surface area contributed by atoms with E-state index in [2.05, 4.69) is 34.9 Å². The number of urea groups is 1. The van der Waals surface area contributed by atoms with Crippen LogP contribution < -0.4 is 10.6 Å². The Labute approximate surface area is 141 Å². The molecule has 4 rings (SSSR count). The third-order valence-corrected chi connectivity index (χ3v) is 5.19. The molecular weight excluding hydrogens is 302 g/mol. The summed E-state index contributed by atoms with van der Waals surface area (Å²) < 4.78 is 0. The van der Waals surface area contributed by atoms with Crippen molar-refractivity contribution in [2.24, 2.45) is 0 Å². The van der Waals surface area contributed by atoms with Crippen LogP contribution in [-0.4, -0.2) is 42.0 Å². The number of rotatable bonds is 3. The van der Waals surface area contributed by atoms with Crippen molar-refractivity contribution in [1.82, 2.24) is 15.5 Å². The molecule has 0 bridgehead atoms. The van der Waals surface area contributed by atoms with E-state index in [1.54, 1.807) is 0 Å². The van der Waals surface area contributed by atoms with Crippen molar-refractivity contribution >= 4 is 22.7 Å². The molecule has 0 saturated carbocycles. The minimum absolute atomic E-state index is 0.0609. The number of imide groups is 1. The molecule has 0 radical (unpaired) electrons. The highest BCUT2D eigenvalue weighted by molar-refractivity contribution is 6.07. The molecule has 2 aliphatic heterocycles. The highest BCUT2D eigenvalue weighted by atomic mass is 16.2. The molecule has 2 aliphatic rings. The van der Waals surface area contributed by atoms with Gasteiger partial charge in [0.05, 0.1) is 0 Å². The highest BCUT2D eigenvalue weighted by Gasteiger charge is 2.51. The zero-order valence-corrected chi connectivity index (χ0v) is 13.5. The number of amides is 3. The molecule has 2 heterocycles. The molecule has 3 amide bonds. The Morgan fingerprint density at radius 2 is 1.75 bits per heavy atom. The van der Waals surface area contributed by atoms with E-state index < -0.39 is 5.54 Å². The van der Waals surface area contributed by atoms with Crippen molar-refractivity contribution < 1.29 is 9.59 Å². The topological polar surface area (TPSA) is 61.4 Å². The van der Waals surface area contributed by atoms with E-state index in [1.165, 1.54) is 21.2 Å². The van der Waals surface area contributed by atoms with Gasteiger partial charge in [0.15, 0.2) is 0 Å². The number of carbonyl (C=O) groups excluding carboxylic acids is 2. The summed E-state index contributed by atoms with van der Waals surface area (Å²) >= 11 is 0. The number of fused-ring (bicyclic) bond motifs is 1. The minimum atomic E-state index is -0.679. The smallest absolute Gasteiger partial charge is 0.323 e. The Balaban J connectivity index is 1.53. The van der Waals surface area contributed by atoms with Crippen molar-refractivity contribution in [3.8, 4) is 0 Å². The van der Waals surface area contributed by atoms with Gasteiger partial charge in [0.25, 0.3) is 5.91 Å². The Morgan fingerprint density at radius 1 is 1.00 bits per heavy atom. The third kappa shape index (κ3) is 2.45. The van der Waals surface area contributed by atoms with Crippen LogP contribution in [0.3, 0.4) is 0 Å². The first kappa shape index (κ1) is 15.1. The van der Waals surface area contributed by atoms with Gasteiger partial charge in [-0.2, -0.15) is 0 Å². The average molecular weight is 323 g/mol. The van der Waals surface area contributed by atoms with Gasteiger partial charge in [-0.25, -0.2) is 4.79 Å².